The number of benzene rings is 1. The first-order valence-corrected chi connectivity index (χ1v) is 9.27. The monoisotopic (exact) mass is 390 g/mol. The number of carbonyl (C=O) groups excluding carboxylic acids is 1. The number of aromatic nitrogens is 1. The molecule has 1 aromatic carbocycles. The fourth-order valence-electron chi connectivity index (χ4n) is 3.48. The molecule has 0 saturated carbocycles. The van der Waals surface area contributed by atoms with Gasteiger partial charge in [-0.15, -0.1) is 0 Å². The molecule has 1 fully saturated rings. The van der Waals surface area contributed by atoms with Crippen molar-refractivity contribution in [2.45, 2.75) is 13.0 Å². The number of ether oxygens (including phenoxy) is 1. The lowest BCUT2D eigenvalue weighted by Gasteiger charge is -2.41. The Kier molecular flexibility index (Phi) is 4.78. The number of anilines is 2. The molecule has 142 valence electrons. The molecule has 6 nitrogen and oxygen atoms in total. The van der Waals surface area contributed by atoms with Gasteiger partial charge in [-0.05, 0) is 19.1 Å². The number of rotatable bonds is 1. The fraction of sp³-hybridized carbons (Fsp3) is 0.368. The summed E-state index contributed by atoms with van der Waals surface area (Å²) in [5.41, 5.74) is 1.47. The third-order valence-corrected chi connectivity index (χ3v) is 5.24. The summed E-state index contributed by atoms with van der Waals surface area (Å²) < 4.78 is 19.6. The van der Waals surface area contributed by atoms with Gasteiger partial charge in [0.15, 0.2) is 0 Å². The Hall–Kier alpha value is -2.54. The van der Waals surface area contributed by atoms with Crippen molar-refractivity contribution in [2.75, 3.05) is 42.6 Å². The minimum atomic E-state index is -0.563. The number of hydrogen-bond donors (Lipinski definition) is 0. The Morgan fingerprint density at radius 3 is 2.78 bits per heavy atom. The summed E-state index contributed by atoms with van der Waals surface area (Å²) in [5, 5.41) is -0.0132. The van der Waals surface area contributed by atoms with E-state index in [2.05, 4.69) is 9.88 Å². The van der Waals surface area contributed by atoms with Crippen molar-refractivity contribution >= 4 is 29.0 Å². The number of piperazine rings is 1. The van der Waals surface area contributed by atoms with Crippen LogP contribution < -0.4 is 14.5 Å². The molecule has 8 heteroatoms. The van der Waals surface area contributed by atoms with Crippen molar-refractivity contribution in [3.05, 3.63) is 47.5 Å². The molecule has 1 atom stereocenters. The first-order valence-electron chi connectivity index (χ1n) is 8.89. The van der Waals surface area contributed by atoms with E-state index in [0.717, 1.165) is 18.8 Å². The summed E-state index contributed by atoms with van der Waals surface area (Å²) in [7, 11) is 0. The number of halogens is 2. The number of urea groups is 1. The average molecular weight is 391 g/mol. The predicted molar refractivity (Wildman–Crippen MR) is 102 cm³/mol. The van der Waals surface area contributed by atoms with Crippen LogP contribution >= 0.6 is 11.6 Å². The minimum absolute atomic E-state index is 0.0132. The molecule has 0 N–H and O–H groups in total. The first kappa shape index (κ1) is 17.9. The first-order chi connectivity index (χ1) is 13.0. The van der Waals surface area contributed by atoms with E-state index < -0.39 is 5.82 Å². The maximum atomic E-state index is 14.0. The van der Waals surface area contributed by atoms with Crippen molar-refractivity contribution in [1.29, 1.82) is 0 Å². The van der Waals surface area contributed by atoms with Crippen LogP contribution in [0.15, 0.2) is 36.7 Å². The van der Waals surface area contributed by atoms with E-state index in [1.54, 1.807) is 16.0 Å². The Labute approximate surface area is 162 Å². The van der Waals surface area contributed by atoms with E-state index in [-0.39, 0.29) is 17.1 Å². The summed E-state index contributed by atoms with van der Waals surface area (Å²) >= 11 is 5.85. The van der Waals surface area contributed by atoms with Gasteiger partial charge in [-0.1, -0.05) is 11.6 Å². The summed E-state index contributed by atoms with van der Waals surface area (Å²) in [6.07, 6.45) is 3.57. The maximum Gasteiger partial charge on any atom is 0.325 e. The summed E-state index contributed by atoms with van der Waals surface area (Å²) in [5.74, 6) is -0.130. The molecular formula is C19H20ClFN4O2. The van der Waals surface area contributed by atoms with Gasteiger partial charge in [-0.3, -0.25) is 9.88 Å². The van der Waals surface area contributed by atoms with E-state index >= 15 is 0 Å². The van der Waals surface area contributed by atoms with E-state index in [0.29, 0.717) is 31.1 Å². The van der Waals surface area contributed by atoms with Crippen LogP contribution in [0.2, 0.25) is 5.02 Å². The van der Waals surface area contributed by atoms with Crippen LogP contribution in [0.25, 0.3) is 0 Å². The lowest BCUT2D eigenvalue weighted by atomic mass is 10.1. The highest BCUT2D eigenvalue weighted by molar-refractivity contribution is 6.31. The maximum absolute atomic E-state index is 14.0. The van der Waals surface area contributed by atoms with Gasteiger partial charge < -0.3 is 14.5 Å². The molecule has 0 bridgehead atoms. The quantitative estimate of drug-likeness (QED) is 0.748. The van der Waals surface area contributed by atoms with Gasteiger partial charge in [-0.25, -0.2) is 9.18 Å². The fourth-order valence-corrected chi connectivity index (χ4v) is 3.64. The van der Waals surface area contributed by atoms with Crippen LogP contribution in [-0.2, 0) is 0 Å². The molecule has 4 rings (SSSR count). The normalized spacial score (nSPS) is 19.5. The molecule has 2 amide bonds. The topological polar surface area (TPSA) is 48.9 Å². The van der Waals surface area contributed by atoms with Crippen molar-refractivity contribution in [3.63, 3.8) is 0 Å². The molecule has 27 heavy (non-hydrogen) atoms. The predicted octanol–water partition coefficient (Wildman–Crippen LogP) is 3.40. The van der Waals surface area contributed by atoms with Crippen molar-refractivity contribution in [1.82, 2.24) is 9.88 Å². The second-order valence-corrected chi connectivity index (χ2v) is 7.14. The molecule has 0 aliphatic carbocycles. The van der Waals surface area contributed by atoms with E-state index in [1.807, 2.05) is 25.3 Å². The van der Waals surface area contributed by atoms with Gasteiger partial charge in [0, 0.05) is 44.5 Å². The number of amides is 2. The lowest BCUT2D eigenvalue weighted by Crippen LogP contribution is -2.56. The number of carbonyl (C=O) groups is 1. The van der Waals surface area contributed by atoms with Crippen LogP contribution in [0.3, 0.4) is 0 Å². The van der Waals surface area contributed by atoms with E-state index in [9.17, 15) is 9.18 Å². The van der Waals surface area contributed by atoms with E-state index in [4.69, 9.17) is 16.3 Å². The molecule has 1 unspecified atom stereocenters. The number of fused-ring (bicyclic) bond motifs is 1. The molecule has 2 aliphatic heterocycles. The zero-order chi connectivity index (χ0) is 19.0. The largest absolute Gasteiger partial charge is 0.489 e. The van der Waals surface area contributed by atoms with Crippen molar-refractivity contribution in [2.24, 2.45) is 0 Å². The smallest absolute Gasteiger partial charge is 0.325 e. The second-order valence-electron chi connectivity index (χ2n) is 6.73. The Morgan fingerprint density at radius 1 is 1.30 bits per heavy atom. The Balaban J connectivity index is 1.51. The highest BCUT2D eigenvalue weighted by Gasteiger charge is 2.34. The molecule has 0 spiro atoms. The molecule has 0 radical (unpaired) electrons. The number of pyridine rings is 1. The van der Waals surface area contributed by atoms with Crippen LogP contribution in [0.5, 0.6) is 5.75 Å². The van der Waals surface area contributed by atoms with Gasteiger partial charge in [0.25, 0.3) is 0 Å². The zero-order valence-electron chi connectivity index (χ0n) is 14.9. The zero-order valence-corrected chi connectivity index (χ0v) is 15.7. The second kappa shape index (κ2) is 7.23. The summed E-state index contributed by atoms with van der Waals surface area (Å²) in [6, 6.07) is 6.29. The third kappa shape index (κ3) is 3.39. The third-order valence-electron chi connectivity index (χ3n) is 4.95. The Bertz CT molecular complexity index is 843. The van der Waals surface area contributed by atoms with Crippen LogP contribution in [0.1, 0.15) is 6.92 Å². The van der Waals surface area contributed by atoms with Gasteiger partial charge in [0.1, 0.15) is 18.2 Å². The highest BCUT2D eigenvalue weighted by Crippen LogP contribution is 2.38. The van der Waals surface area contributed by atoms with Crippen LogP contribution in [0, 0.1) is 5.82 Å². The molecule has 3 heterocycles. The van der Waals surface area contributed by atoms with Gasteiger partial charge >= 0.3 is 6.03 Å². The lowest BCUT2D eigenvalue weighted by molar-refractivity contribution is 0.190. The molecule has 1 saturated heterocycles. The van der Waals surface area contributed by atoms with E-state index in [1.165, 1.54) is 12.1 Å². The molecule has 2 aliphatic rings. The van der Waals surface area contributed by atoms with Gasteiger partial charge in [0.05, 0.1) is 28.6 Å². The summed E-state index contributed by atoms with van der Waals surface area (Å²) in [4.78, 5) is 22.9. The van der Waals surface area contributed by atoms with Gasteiger partial charge in [0.2, 0.25) is 0 Å². The molecular weight excluding hydrogens is 371 g/mol. The van der Waals surface area contributed by atoms with Crippen LogP contribution in [-0.4, -0.2) is 54.7 Å². The average Bonchev–Trinajstić information content (AvgIpc) is 2.70. The number of hydrogen-bond acceptors (Lipinski definition) is 4. The minimum Gasteiger partial charge on any atom is -0.489 e. The van der Waals surface area contributed by atoms with Crippen molar-refractivity contribution in [3.8, 4) is 5.75 Å². The standard InChI is InChI=1S/C19H20ClFN4O2/c1-13-12-27-18-9-15(20)16(21)10-17(18)25(13)19(26)24-7-5-23(6-8-24)14-3-2-4-22-11-14/h2-4,9-11,13H,5-8,12H2,1H3. The Morgan fingerprint density at radius 2 is 2.07 bits per heavy atom. The number of nitrogens with zero attached hydrogens (tertiary/aromatic N) is 4. The molecule has 2 aromatic rings. The highest BCUT2D eigenvalue weighted by atomic mass is 35.5. The van der Waals surface area contributed by atoms with Crippen LogP contribution in [0.4, 0.5) is 20.6 Å². The molecule has 1 aromatic heterocycles. The van der Waals surface area contributed by atoms with Gasteiger partial charge in [-0.2, -0.15) is 0 Å². The van der Waals surface area contributed by atoms with Crippen molar-refractivity contribution < 1.29 is 13.9 Å². The summed E-state index contributed by atoms with van der Waals surface area (Å²) in [6.45, 7) is 4.85. The SMILES string of the molecule is CC1COc2cc(Cl)c(F)cc2N1C(=O)N1CCN(c2cccnc2)CC1.